The molecule has 0 radical (unpaired) electrons. The molecule has 0 saturated carbocycles. The summed E-state index contributed by atoms with van der Waals surface area (Å²) in [6, 6.07) is 0.460. The standard InChI is InChI=1S/C12H17N5S/c1-8-6-18-12(17-8)5-13-3-9-2-10-11(4-14-9)16-7-15-10/h6-7,9,13-14H,2-5H2,1H3,(H,15,16). The van der Waals surface area contributed by atoms with Gasteiger partial charge < -0.3 is 15.6 Å². The summed E-state index contributed by atoms with van der Waals surface area (Å²) in [6.45, 7) is 4.72. The highest BCUT2D eigenvalue weighted by atomic mass is 32.1. The van der Waals surface area contributed by atoms with E-state index in [-0.39, 0.29) is 0 Å². The molecule has 0 aromatic carbocycles. The largest absolute Gasteiger partial charge is 0.347 e. The van der Waals surface area contributed by atoms with Crippen LogP contribution in [0.5, 0.6) is 0 Å². The van der Waals surface area contributed by atoms with Crippen molar-refractivity contribution in [1.82, 2.24) is 25.6 Å². The van der Waals surface area contributed by atoms with E-state index in [0.717, 1.165) is 36.8 Å². The third kappa shape index (κ3) is 2.60. The maximum atomic E-state index is 4.44. The molecule has 0 fully saturated rings. The van der Waals surface area contributed by atoms with Gasteiger partial charge in [-0.1, -0.05) is 0 Å². The fourth-order valence-electron chi connectivity index (χ4n) is 2.21. The molecule has 3 heterocycles. The topological polar surface area (TPSA) is 65.6 Å². The Bertz CT molecular complexity index is 518. The summed E-state index contributed by atoms with van der Waals surface area (Å²) in [5.41, 5.74) is 3.53. The number of aromatic nitrogens is 3. The van der Waals surface area contributed by atoms with Gasteiger partial charge in [-0.25, -0.2) is 9.97 Å². The van der Waals surface area contributed by atoms with E-state index in [1.165, 1.54) is 11.4 Å². The van der Waals surface area contributed by atoms with E-state index >= 15 is 0 Å². The lowest BCUT2D eigenvalue weighted by atomic mass is 10.1. The number of fused-ring (bicyclic) bond motifs is 1. The van der Waals surface area contributed by atoms with Crippen LogP contribution in [0.4, 0.5) is 0 Å². The van der Waals surface area contributed by atoms with Crippen LogP contribution in [0.15, 0.2) is 11.7 Å². The molecule has 1 aliphatic rings. The second-order valence-corrected chi connectivity index (χ2v) is 5.57. The smallest absolute Gasteiger partial charge is 0.107 e. The Balaban J connectivity index is 1.47. The lowest BCUT2D eigenvalue weighted by molar-refractivity contribution is 0.440. The number of aryl methyl sites for hydroxylation is 1. The monoisotopic (exact) mass is 263 g/mol. The Labute approximate surface area is 110 Å². The predicted octanol–water partition coefficient (Wildman–Crippen LogP) is 0.979. The van der Waals surface area contributed by atoms with Crippen molar-refractivity contribution in [2.24, 2.45) is 0 Å². The van der Waals surface area contributed by atoms with Gasteiger partial charge in [-0.05, 0) is 6.92 Å². The van der Waals surface area contributed by atoms with Crippen LogP contribution in [-0.4, -0.2) is 27.5 Å². The molecule has 6 heteroatoms. The highest BCUT2D eigenvalue weighted by Gasteiger charge is 2.19. The average molecular weight is 263 g/mol. The molecule has 18 heavy (non-hydrogen) atoms. The summed E-state index contributed by atoms with van der Waals surface area (Å²) in [4.78, 5) is 11.9. The third-order valence-corrected chi connectivity index (χ3v) is 4.11. The van der Waals surface area contributed by atoms with E-state index in [4.69, 9.17) is 0 Å². The highest BCUT2D eigenvalue weighted by Crippen LogP contribution is 2.12. The predicted molar refractivity (Wildman–Crippen MR) is 71.5 cm³/mol. The molecule has 0 spiro atoms. The zero-order valence-electron chi connectivity index (χ0n) is 10.4. The summed E-state index contributed by atoms with van der Waals surface area (Å²) in [5.74, 6) is 0. The zero-order chi connectivity index (χ0) is 12.4. The number of hydrogen-bond donors (Lipinski definition) is 3. The van der Waals surface area contributed by atoms with Crippen LogP contribution in [0.25, 0.3) is 0 Å². The van der Waals surface area contributed by atoms with Crippen LogP contribution < -0.4 is 10.6 Å². The van der Waals surface area contributed by atoms with Crippen molar-refractivity contribution in [2.45, 2.75) is 32.5 Å². The number of hydrogen-bond acceptors (Lipinski definition) is 5. The minimum Gasteiger partial charge on any atom is -0.347 e. The summed E-state index contributed by atoms with van der Waals surface area (Å²) in [7, 11) is 0. The van der Waals surface area contributed by atoms with Gasteiger partial charge in [0.25, 0.3) is 0 Å². The summed E-state index contributed by atoms with van der Waals surface area (Å²) < 4.78 is 0. The number of aromatic amines is 1. The average Bonchev–Trinajstić information content (AvgIpc) is 2.97. The van der Waals surface area contributed by atoms with Gasteiger partial charge in [0.1, 0.15) is 5.01 Å². The van der Waals surface area contributed by atoms with Gasteiger partial charge in [0.05, 0.1) is 17.7 Å². The molecular formula is C12H17N5S. The molecule has 5 nitrogen and oxygen atoms in total. The number of rotatable bonds is 4. The molecule has 96 valence electrons. The van der Waals surface area contributed by atoms with Crippen molar-refractivity contribution in [3.63, 3.8) is 0 Å². The maximum absolute atomic E-state index is 4.44. The van der Waals surface area contributed by atoms with Crippen molar-refractivity contribution in [3.8, 4) is 0 Å². The molecule has 3 N–H and O–H groups in total. The molecule has 2 aromatic heterocycles. The van der Waals surface area contributed by atoms with Gasteiger partial charge in [0.2, 0.25) is 0 Å². The van der Waals surface area contributed by atoms with Crippen LogP contribution in [0.1, 0.15) is 22.1 Å². The van der Waals surface area contributed by atoms with Crippen LogP contribution in [0, 0.1) is 6.92 Å². The molecule has 0 aliphatic carbocycles. The van der Waals surface area contributed by atoms with E-state index in [9.17, 15) is 0 Å². The Morgan fingerprint density at radius 1 is 1.56 bits per heavy atom. The van der Waals surface area contributed by atoms with Crippen molar-refractivity contribution < 1.29 is 0 Å². The second kappa shape index (κ2) is 5.17. The second-order valence-electron chi connectivity index (χ2n) is 4.62. The van der Waals surface area contributed by atoms with Gasteiger partial charge in [0, 0.05) is 43.2 Å². The summed E-state index contributed by atoms with van der Waals surface area (Å²) >= 11 is 1.71. The van der Waals surface area contributed by atoms with Crippen molar-refractivity contribution in [2.75, 3.05) is 6.54 Å². The number of imidazole rings is 1. The fraction of sp³-hybridized carbons (Fsp3) is 0.500. The van der Waals surface area contributed by atoms with E-state index in [1.54, 1.807) is 17.7 Å². The van der Waals surface area contributed by atoms with Crippen LogP contribution in [0.3, 0.4) is 0 Å². The van der Waals surface area contributed by atoms with Gasteiger partial charge in [0.15, 0.2) is 0 Å². The van der Waals surface area contributed by atoms with Crippen molar-refractivity contribution in [1.29, 1.82) is 0 Å². The quantitative estimate of drug-likeness (QED) is 0.769. The maximum Gasteiger partial charge on any atom is 0.107 e. The molecular weight excluding hydrogens is 246 g/mol. The number of thiazole rings is 1. The molecule has 2 aromatic rings. The number of nitrogens with one attached hydrogen (secondary N) is 3. The minimum atomic E-state index is 0.460. The Morgan fingerprint density at radius 2 is 2.50 bits per heavy atom. The van der Waals surface area contributed by atoms with Gasteiger partial charge in [-0.2, -0.15) is 0 Å². The van der Waals surface area contributed by atoms with E-state index in [2.05, 4.69) is 31.0 Å². The lowest BCUT2D eigenvalue weighted by Gasteiger charge is -2.23. The summed E-state index contributed by atoms with van der Waals surface area (Å²) in [6.07, 6.45) is 2.77. The molecule has 0 amide bonds. The van der Waals surface area contributed by atoms with Gasteiger partial charge in [-0.3, -0.25) is 0 Å². The van der Waals surface area contributed by atoms with Gasteiger partial charge >= 0.3 is 0 Å². The number of nitrogens with zero attached hydrogens (tertiary/aromatic N) is 2. The van der Waals surface area contributed by atoms with Crippen LogP contribution >= 0.6 is 11.3 Å². The normalized spacial score (nSPS) is 18.8. The first-order valence-corrected chi connectivity index (χ1v) is 7.05. The summed E-state index contributed by atoms with van der Waals surface area (Å²) in [5, 5.41) is 10.2. The van der Waals surface area contributed by atoms with Crippen LogP contribution in [-0.2, 0) is 19.5 Å². The lowest BCUT2D eigenvalue weighted by Crippen LogP contribution is -2.42. The minimum absolute atomic E-state index is 0.460. The Kier molecular flexibility index (Phi) is 3.40. The van der Waals surface area contributed by atoms with E-state index < -0.39 is 0 Å². The first-order chi connectivity index (χ1) is 8.81. The van der Waals surface area contributed by atoms with Crippen molar-refractivity contribution in [3.05, 3.63) is 33.8 Å². The van der Waals surface area contributed by atoms with Crippen LogP contribution in [0.2, 0.25) is 0 Å². The molecule has 1 atom stereocenters. The molecule has 0 bridgehead atoms. The SMILES string of the molecule is Cc1csc(CNCC2Cc3nc[nH]c3CN2)n1. The Hall–Kier alpha value is -1.24. The zero-order valence-corrected chi connectivity index (χ0v) is 11.2. The Morgan fingerprint density at radius 3 is 3.33 bits per heavy atom. The molecule has 1 aliphatic heterocycles. The molecule has 1 unspecified atom stereocenters. The fourth-order valence-corrected chi connectivity index (χ4v) is 2.95. The van der Waals surface area contributed by atoms with E-state index in [1.807, 2.05) is 6.92 Å². The van der Waals surface area contributed by atoms with Gasteiger partial charge in [-0.15, -0.1) is 11.3 Å². The molecule has 0 saturated heterocycles. The van der Waals surface area contributed by atoms with Crippen molar-refractivity contribution >= 4 is 11.3 Å². The molecule has 3 rings (SSSR count). The first-order valence-electron chi connectivity index (χ1n) is 6.17. The highest BCUT2D eigenvalue weighted by molar-refractivity contribution is 7.09. The third-order valence-electron chi connectivity index (χ3n) is 3.15. The number of H-pyrrole nitrogens is 1. The first kappa shape index (κ1) is 11.8. The van der Waals surface area contributed by atoms with E-state index in [0.29, 0.717) is 6.04 Å².